The van der Waals surface area contributed by atoms with Gasteiger partial charge in [-0.1, -0.05) is 29.8 Å². The van der Waals surface area contributed by atoms with Crippen LogP contribution in [0.25, 0.3) is 0 Å². The molecule has 0 heterocycles. The molecule has 0 aliphatic carbocycles. The molecule has 6 heavy (non-hydrogen) atoms. The lowest BCUT2D eigenvalue weighted by Gasteiger charge is -1.61. The Hall–Kier alpha value is -0.230. The Morgan fingerprint density at radius 1 is 1.33 bits per heavy atom. The smallest absolute Gasteiger partial charge is 0.00423 e. The number of rotatable bonds is 1. The predicted molar refractivity (Wildman–Crippen MR) is 29.8 cm³/mol. The maximum atomic E-state index is 5.15. The molecule has 0 fully saturated rings. The molecular weight excluding hydrogens is 95.5 g/mol. The van der Waals surface area contributed by atoms with Gasteiger partial charge >= 0.3 is 0 Å². The Morgan fingerprint density at radius 2 is 2.00 bits per heavy atom. The zero-order chi connectivity index (χ0) is 4.83. The van der Waals surface area contributed by atoms with Gasteiger partial charge in [0.05, 0.1) is 0 Å². The number of hydrogen-bond acceptors (Lipinski definition) is 0. The first-order valence-electron chi connectivity index (χ1n) is 1.80. The maximum Gasteiger partial charge on any atom is 0.00423 e. The van der Waals surface area contributed by atoms with Gasteiger partial charge in [0, 0.05) is 5.54 Å². The van der Waals surface area contributed by atoms with Gasteiger partial charge in [-0.2, -0.15) is 0 Å². The van der Waals surface area contributed by atoms with Gasteiger partial charge in [-0.15, -0.1) is 0 Å². The highest BCUT2D eigenvalue weighted by molar-refractivity contribution is 6.25. The van der Waals surface area contributed by atoms with Crippen LogP contribution in [0, 0.1) is 0 Å². The zero-order valence-electron chi connectivity index (χ0n) is 3.69. The quantitative estimate of drug-likeness (QED) is 0.446. The van der Waals surface area contributed by atoms with Gasteiger partial charge in [0.1, 0.15) is 0 Å². The molecule has 0 radical (unpaired) electrons. The standard InChI is InChI=1S/C5H7Cl/c1-2-3-4-5-6/h2-5H,1H3/b3-2-,5-4-. The van der Waals surface area contributed by atoms with Gasteiger partial charge in [0.2, 0.25) is 0 Å². The zero-order valence-corrected chi connectivity index (χ0v) is 4.44. The summed E-state index contributed by atoms with van der Waals surface area (Å²) in [6.45, 7) is 1.94. The molecule has 0 amide bonds. The highest BCUT2D eigenvalue weighted by atomic mass is 35.5. The SMILES string of the molecule is C/C=C\C=C/Cl. The second-order valence-electron chi connectivity index (χ2n) is 0.844. The first-order valence-corrected chi connectivity index (χ1v) is 2.23. The molecule has 0 N–H and O–H groups in total. The average Bonchev–Trinajstić information content (AvgIpc) is 1.61. The first kappa shape index (κ1) is 5.77. The Kier molecular flexibility index (Phi) is 4.59. The van der Waals surface area contributed by atoms with E-state index in [0.717, 1.165) is 0 Å². The van der Waals surface area contributed by atoms with Gasteiger partial charge in [-0.05, 0) is 6.92 Å². The molecule has 0 atom stereocenters. The van der Waals surface area contributed by atoms with Crippen molar-refractivity contribution in [1.82, 2.24) is 0 Å². The fourth-order valence-electron chi connectivity index (χ4n) is 0.153. The molecule has 0 spiro atoms. The monoisotopic (exact) mass is 102 g/mol. The third-order valence-corrected chi connectivity index (χ3v) is 0.522. The summed E-state index contributed by atoms with van der Waals surface area (Å²) in [4.78, 5) is 0. The Balaban J connectivity index is 3.07. The first-order chi connectivity index (χ1) is 2.91. The largest absolute Gasteiger partial charge is 0.0930 e. The summed E-state index contributed by atoms with van der Waals surface area (Å²) >= 11 is 5.15. The summed E-state index contributed by atoms with van der Waals surface area (Å²) in [7, 11) is 0. The van der Waals surface area contributed by atoms with Gasteiger partial charge in [-0.3, -0.25) is 0 Å². The highest BCUT2D eigenvalue weighted by Gasteiger charge is 1.50. The van der Waals surface area contributed by atoms with E-state index >= 15 is 0 Å². The molecule has 0 nitrogen and oxygen atoms in total. The molecule has 0 aromatic heterocycles. The molecule has 0 aliphatic heterocycles. The Labute approximate surface area is 43.1 Å². The van der Waals surface area contributed by atoms with Gasteiger partial charge in [0.25, 0.3) is 0 Å². The fourth-order valence-corrected chi connectivity index (χ4v) is 0.237. The van der Waals surface area contributed by atoms with Crippen LogP contribution in [-0.4, -0.2) is 0 Å². The van der Waals surface area contributed by atoms with Crippen LogP contribution in [0.1, 0.15) is 6.92 Å². The van der Waals surface area contributed by atoms with Crippen LogP contribution >= 0.6 is 11.6 Å². The molecule has 0 unspecified atom stereocenters. The van der Waals surface area contributed by atoms with Crippen LogP contribution in [0.3, 0.4) is 0 Å². The van der Waals surface area contributed by atoms with Crippen LogP contribution in [0.5, 0.6) is 0 Å². The third-order valence-electron chi connectivity index (χ3n) is 0.376. The van der Waals surface area contributed by atoms with E-state index in [2.05, 4.69) is 0 Å². The van der Waals surface area contributed by atoms with Crippen LogP contribution in [0.4, 0.5) is 0 Å². The van der Waals surface area contributed by atoms with Crippen molar-refractivity contribution < 1.29 is 0 Å². The van der Waals surface area contributed by atoms with E-state index in [4.69, 9.17) is 11.6 Å². The fraction of sp³-hybridized carbons (Fsp3) is 0.200. The van der Waals surface area contributed by atoms with Crippen molar-refractivity contribution >= 4 is 11.6 Å². The molecular formula is C5H7Cl. The van der Waals surface area contributed by atoms with E-state index in [1.165, 1.54) is 5.54 Å². The molecule has 0 rings (SSSR count). The summed E-state index contributed by atoms with van der Waals surface area (Å²) in [6.07, 6.45) is 5.55. The summed E-state index contributed by atoms with van der Waals surface area (Å²) in [5, 5.41) is 0. The van der Waals surface area contributed by atoms with Crippen LogP contribution < -0.4 is 0 Å². The van der Waals surface area contributed by atoms with Crippen molar-refractivity contribution in [3.8, 4) is 0 Å². The number of halogens is 1. The summed E-state index contributed by atoms with van der Waals surface area (Å²) in [5.74, 6) is 0. The normalized spacial score (nSPS) is 11.7. The molecule has 0 aromatic rings. The van der Waals surface area contributed by atoms with Gasteiger partial charge < -0.3 is 0 Å². The molecule has 34 valence electrons. The lowest BCUT2D eigenvalue weighted by Crippen LogP contribution is -1.37. The summed E-state index contributed by atoms with van der Waals surface area (Å²) < 4.78 is 0. The lowest BCUT2D eigenvalue weighted by molar-refractivity contribution is 1.74. The van der Waals surface area contributed by atoms with E-state index in [0.29, 0.717) is 0 Å². The predicted octanol–water partition coefficient (Wildman–Crippen LogP) is 2.32. The minimum atomic E-state index is 1.47. The van der Waals surface area contributed by atoms with Crippen LogP contribution in [-0.2, 0) is 0 Å². The topological polar surface area (TPSA) is 0 Å². The molecule has 0 saturated carbocycles. The van der Waals surface area contributed by atoms with Crippen molar-refractivity contribution in [3.63, 3.8) is 0 Å². The summed E-state index contributed by atoms with van der Waals surface area (Å²) in [5.41, 5.74) is 1.47. The molecule has 1 heteroatoms. The van der Waals surface area contributed by atoms with Crippen molar-refractivity contribution in [2.75, 3.05) is 0 Å². The van der Waals surface area contributed by atoms with Crippen LogP contribution in [0.2, 0.25) is 0 Å². The Morgan fingerprint density at radius 3 is 2.17 bits per heavy atom. The average molecular weight is 103 g/mol. The number of hydrogen-bond donors (Lipinski definition) is 0. The minimum absolute atomic E-state index is 1.47. The Bertz CT molecular complexity index is 52.3. The summed E-state index contributed by atoms with van der Waals surface area (Å²) in [6, 6.07) is 0. The van der Waals surface area contributed by atoms with E-state index in [1.54, 1.807) is 6.08 Å². The second-order valence-corrected chi connectivity index (χ2v) is 1.10. The van der Waals surface area contributed by atoms with E-state index in [1.807, 2.05) is 19.1 Å². The lowest BCUT2D eigenvalue weighted by atomic mass is 10.5. The highest BCUT2D eigenvalue weighted by Crippen LogP contribution is 1.77. The molecule has 0 aromatic carbocycles. The van der Waals surface area contributed by atoms with Crippen LogP contribution in [0.15, 0.2) is 23.8 Å². The van der Waals surface area contributed by atoms with Crippen molar-refractivity contribution in [1.29, 1.82) is 0 Å². The minimum Gasteiger partial charge on any atom is -0.0930 e. The van der Waals surface area contributed by atoms with Gasteiger partial charge in [-0.25, -0.2) is 0 Å². The molecule has 0 bridgehead atoms. The second kappa shape index (κ2) is 4.77. The van der Waals surface area contributed by atoms with E-state index in [-0.39, 0.29) is 0 Å². The maximum absolute atomic E-state index is 5.15. The number of allylic oxidation sites excluding steroid dienone is 3. The van der Waals surface area contributed by atoms with E-state index < -0.39 is 0 Å². The van der Waals surface area contributed by atoms with Gasteiger partial charge in [0.15, 0.2) is 0 Å². The molecule has 0 saturated heterocycles. The van der Waals surface area contributed by atoms with E-state index in [9.17, 15) is 0 Å². The van der Waals surface area contributed by atoms with Crippen molar-refractivity contribution in [3.05, 3.63) is 23.8 Å². The van der Waals surface area contributed by atoms with Crippen molar-refractivity contribution in [2.24, 2.45) is 0 Å². The van der Waals surface area contributed by atoms with Crippen molar-refractivity contribution in [2.45, 2.75) is 6.92 Å². The molecule has 0 aliphatic rings. The third kappa shape index (κ3) is 3.77.